The third-order valence-electron chi connectivity index (χ3n) is 4.74. The lowest BCUT2D eigenvalue weighted by molar-refractivity contribution is -0.125. The summed E-state index contributed by atoms with van der Waals surface area (Å²) in [5, 5.41) is 21.9. The molecule has 7 heteroatoms. The van der Waals surface area contributed by atoms with Gasteiger partial charge in [-0.2, -0.15) is 5.26 Å². The van der Waals surface area contributed by atoms with Gasteiger partial charge in [-0.3, -0.25) is 4.79 Å². The smallest absolute Gasteiger partial charge is 0.169 e. The number of hydrogen-bond donors (Lipinski definition) is 2. The van der Waals surface area contributed by atoms with Crippen molar-refractivity contribution in [2.75, 3.05) is 33.4 Å². The molecule has 0 aromatic heterocycles. The van der Waals surface area contributed by atoms with Crippen LogP contribution >= 0.6 is 0 Å². The van der Waals surface area contributed by atoms with Crippen molar-refractivity contribution in [2.24, 2.45) is 0 Å². The molecule has 0 saturated carbocycles. The lowest BCUT2D eigenvalue weighted by atomic mass is 9.81. The number of hydrogen-bond acceptors (Lipinski definition) is 6. The maximum Gasteiger partial charge on any atom is 0.169 e. The molecule has 1 unspecified atom stereocenters. The maximum atomic E-state index is 13.9. The zero-order chi connectivity index (χ0) is 20.1. The van der Waals surface area contributed by atoms with Gasteiger partial charge in [-0.15, -0.1) is 0 Å². The maximum absolute atomic E-state index is 13.9. The number of allylic oxidation sites excluding steroid dienone is 4. The van der Waals surface area contributed by atoms with Crippen LogP contribution in [0.1, 0.15) is 12.0 Å². The van der Waals surface area contributed by atoms with Crippen LogP contribution in [0.15, 0.2) is 53.4 Å². The van der Waals surface area contributed by atoms with Gasteiger partial charge in [0.1, 0.15) is 23.7 Å². The molecule has 0 spiro atoms. The molecule has 1 aromatic carbocycles. The van der Waals surface area contributed by atoms with Crippen LogP contribution in [0.2, 0.25) is 0 Å². The highest BCUT2D eigenvalue weighted by molar-refractivity contribution is 5.98. The molecule has 0 radical (unpaired) electrons. The van der Waals surface area contributed by atoms with Crippen LogP contribution in [0.3, 0.4) is 0 Å². The fraction of sp³-hybridized carbons (Fsp3) is 0.333. The Labute approximate surface area is 163 Å². The fourth-order valence-corrected chi connectivity index (χ4v) is 3.45. The Bertz CT molecular complexity index is 898. The van der Waals surface area contributed by atoms with Crippen molar-refractivity contribution >= 4 is 11.4 Å². The van der Waals surface area contributed by atoms with Gasteiger partial charge in [0.2, 0.25) is 0 Å². The molecule has 1 aliphatic heterocycles. The molecule has 0 fully saturated rings. The Balaban J connectivity index is 2.08. The van der Waals surface area contributed by atoms with E-state index in [2.05, 4.69) is 11.4 Å². The van der Waals surface area contributed by atoms with Crippen LogP contribution in [-0.4, -0.2) is 55.2 Å². The number of halogens is 1. The summed E-state index contributed by atoms with van der Waals surface area (Å²) in [7, 11) is 1.47. The molecule has 6 nitrogen and oxygen atoms in total. The summed E-state index contributed by atoms with van der Waals surface area (Å²) < 4.78 is 19.2. The summed E-state index contributed by atoms with van der Waals surface area (Å²) in [6.07, 6.45) is 3.00. The normalized spacial score (nSPS) is 19.1. The van der Waals surface area contributed by atoms with E-state index in [4.69, 9.17) is 9.84 Å². The molecule has 0 saturated heterocycles. The van der Waals surface area contributed by atoms with Crippen LogP contribution in [0.4, 0.5) is 4.39 Å². The second kappa shape index (κ2) is 8.93. The molecule has 1 atom stereocenters. The Kier molecular flexibility index (Phi) is 6.37. The molecule has 28 heavy (non-hydrogen) atoms. The number of nitrogens with zero attached hydrogens (tertiary/aromatic N) is 2. The third kappa shape index (κ3) is 4.04. The first kappa shape index (κ1) is 20.0. The topological polar surface area (TPSA) is 85.6 Å². The van der Waals surface area contributed by atoms with Crippen LogP contribution < -0.4 is 5.32 Å². The number of nitrogens with one attached hydrogen (secondary N) is 1. The third-order valence-corrected chi connectivity index (χ3v) is 4.74. The first-order chi connectivity index (χ1) is 13.6. The molecular formula is C21H22FN3O3. The van der Waals surface area contributed by atoms with Gasteiger partial charge in [-0.1, -0.05) is 12.1 Å². The van der Waals surface area contributed by atoms with Crippen molar-refractivity contribution in [1.82, 2.24) is 10.2 Å². The quantitative estimate of drug-likeness (QED) is 0.698. The van der Waals surface area contributed by atoms with Crippen molar-refractivity contribution in [3.05, 3.63) is 64.8 Å². The van der Waals surface area contributed by atoms with E-state index in [1.807, 2.05) is 0 Å². The first-order valence-corrected chi connectivity index (χ1v) is 9.06. The van der Waals surface area contributed by atoms with Crippen LogP contribution in [0.25, 0.3) is 5.57 Å². The highest BCUT2D eigenvalue weighted by atomic mass is 19.1. The van der Waals surface area contributed by atoms with Crippen molar-refractivity contribution in [3.8, 4) is 6.07 Å². The minimum absolute atomic E-state index is 0.0242. The van der Waals surface area contributed by atoms with Gasteiger partial charge in [0.15, 0.2) is 5.78 Å². The Morgan fingerprint density at radius 2 is 2.25 bits per heavy atom. The predicted octanol–water partition coefficient (Wildman–Crippen LogP) is 1.76. The van der Waals surface area contributed by atoms with Crippen LogP contribution in [0, 0.1) is 17.1 Å². The molecule has 1 aromatic rings. The zero-order valence-electron chi connectivity index (χ0n) is 15.6. The van der Waals surface area contributed by atoms with E-state index in [1.165, 1.54) is 19.2 Å². The van der Waals surface area contributed by atoms with Gasteiger partial charge in [0.05, 0.1) is 6.61 Å². The Morgan fingerprint density at radius 3 is 2.93 bits per heavy atom. The van der Waals surface area contributed by atoms with E-state index in [-0.39, 0.29) is 18.8 Å². The largest absolute Gasteiger partial charge is 0.395 e. The van der Waals surface area contributed by atoms with Crippen molar-refractivity contribution in [1.29, 1.82) is 5.26 Å². The van der Waals surface area contributed by atoms with Crippen molar-refractivity contribution in [2.45, 2.75) is 12.5 Å². The zero-order valence-corrected chi connectivity index (χ0v) is 15.6. The summed E-state index contributed by atoms with van der Waals surface area (Å²) >= 11 is 0. The number of nitriles is 1. The van der Waals surface area contributed by atoms with Gasteiger partial charge < -0.3 is 20.1 Å². The van der Waals surface area contributed by atoms with Crippen molar-refractivity contribution < 1.29 is 19.0 Å². The Morgan fingerprint density at radius 1 is 1.43 bits per heavy atom. The van der Waals surface area contributed by atoms with E-state index >= 15 is 0 Å². The van der Waals surface area contributed by atoms with Crippen LogP contribution in [0.5, 0.6) is 0 Å². The van der Waals surface area contributed by atoms with E-state index in [9.17, 15) is 14.4 Å². The van der Waals surface area contributed by atoms with E-state index in [0.29, 0.717) is 36.5 Å². The summed E-state index contributed by atoms with van der Waals surface area (Å²) in [6, 6.07) is 8.32. The average molecular weight is 383 g/mol. The molecule has 1 heterocycles. The van der Waals surface area contributed by atoms with Gasteiger partial charge in [0, 0.05) is 44.9 Å². The van der Waals surface area contributed by atoms with Gasteiger partial charge in [-0.25, -0.2) is 4.39 Å². The number of benzene rings is 1. The first-order valence-electron chi connectivity index (χ1n) is 9.06. The number of ether oxygens (including phenoxy) is 1. The molecule has 2 aliphatic rings. The molecular weight excluding hydrogens is 361 g/mol. The average Bonchev–Trinajstić information content (AvgIpc) is 2.69. The summed E-state index contributed by atoms with van der Waals surface area (Å²) in [5.41, 5.74) is 3.06. The van der Waals surface area contributed by atoms with Crippen molar-refractivity contribution in [3.63, 3.8) is 0 Å². The monoisotopic (exact) mass is 383 g/mol. The summed E-state index contributed by atoms with van der Waals surface area (Å²) in [4.78, 5) is 14.1. The number of carbonyl (C=O) groups is 1. The standard InChI is InChI=1S/C21H22FN3O3/c1-28-20-11-17-15(10-19(20)27)13-25(7-5-24-6-8-26)18(12-23)21(17)14-3-2-4-16(22)9-14/h2-4,9,11,13,20,24,26H,5-8,10H2,1H3. The second-order valence-electron chi connectivity index (χ2n) is 6.55. The van der Waals surface area contributed by atoms with Crippen LogP contribution in [-0.2, 0) is 9.53 Å². The number of aliphatic hydroxyl groups is 1. The number of ketones is 1. The minimum atomic E-state index is -0.687. The van der Waals surface area contributed by atoms with Gasteiger partial charge in [-0.05, 0) is 34.9 Å². The number of carbonyl (C=O) groups excluding carboxylic acids is 1. The SMILES string of the molecule is COC1C=C2C(=CN(CCNCCO)C(C#N)=C2c2cccc(F)c2)CC1=O. The lowest BCUT2D eigenvalue weighted by Gasteiger charge is -2.33. The number of rotatable bonds is 7. The number of fused-ring (bicyclic) bond motifs is 1. The molecule has 3 rings (SSSR count). The summed E-state index contributed by atoms with van der Waals surface area (Å²) in [6.45, 7) is 1.49. The molecule has 0 bridgehead atoms. The number of Topliss-reactive ketones (excluding diaryl/α,β-unsaturated/α-hetero) is 1. The lowest BCUT2D eigenvalue weighted by Crippen LogP contribution is -2.34. The predicted molar refractivity (Wildman–Crippen MR) is 102 cm³/mol. The van der Waals surface area contributed by atoms with E-state index < -0.39 is 11.9 Å². The highest BCUT2D eigenvalue weighted by Crippen LogP contribution is 2.41. The highest BCUT2D eigenvalue weighted by Gasteiger charge is 2.33. The van der Waals surface area contributed by atoms with Gasteiger partial charge in [0.25, 0.3) is 0 Å². The summed E-state index contributed by atoms with van der Waals surface area (Å²) in [5.74, 6) is -0.458. The van der Waals surface area contributed by atoms with Gasteiger partial charge >= 0.3 is 0 Å². The molecule has 0 amide bonds. The second-order valence-corrected chi connectivity index (χ2v) is 6.55. The number of methoxy groups -OCH3 is 1. The molecule has 146 valence electrons. The minimum Gasteiger partial charge on any atom is -0.395 e. The molecule has 2 N–H and O–H groups in total. The Hall–Kier alpha value is -2.79. The fourth-order valence-electron chi connectivity index (χ4n) is 3.45. The molecule has 1 aliphatic carbocycles. The van der Waals surface area contributed by atoms with E-state index in [1.54, 1.807) is 29.3 Å². The van der Waals surface area contributed by atoms with E-state index in [0.717, 1.165) is 11.1 Å². The number of aliphatic hydroxyl groups excluding tert-OH is 1.